The van der Waals surface area contributed by atoms with Crippen molar-refractivity contribution < 1.29 is 0 Å². The fourth-order valence-corrected chi connectivity index (χ4v) is 0.820. The Morgan fingerprint density at radius 1 is 1.23 bits per heavy atom. The summed E-state index contributed by atoms with van der Waals surface area (Å²) in [5.41, 5.74) is 1.97. The largest absolute Gasteiger partial charge is 0.368 e. The van der Waals surface area contributed by atoms with Gasteiger partial charge in [0.05, 0.1) is 5.66 Å². The zero-order valence-corrected chi connectivity index (χ0v) is 9.07. The molecule has 0 heterocycles. The molecule has 0 spiro atoms. The molecule has 0 saturated carbocycles. The molecule has 0 radical (unpaired) electrons. The molecule has 0 aromatic rings. The molecule has 2 N–H and O–H groups in total. The maximum absolute atomic E-state index is 3.75. The summed E-state index contributed by atoms with van der Waals surface area (Å²) in [5, 5.41) is 6.48. The highest BCUT2D eigenvalue weighted by Crippen LogP contribution is 2.07. The summed E-state index contributed by atoms with van der Waals surface area (Å²) in [6.45, 7) is 13.6. The number of hydrogen-bond donors (Lipinski definition) is 2. The summed E-state index contributed by atoms with van der Waals surface area (Å²) in [4.78, 5) is 0. The molecule has 0 amide bonds. The van der Waals surface area contributed by atoms with Gasteiger partial charge < -0.3 is 5.32 Å². The third-order valence-corrected chi connectivity index (χ3v) is 2.01. The van der Waals surface area contributed by atoms with E-state index in [1.165, 1.54) is 0 Å². The zero-order chi connectivity index (χ0) is 10.5. The molecule has 0 aromatic carbocycles. The monoisotopic (exact) mass is 180 g/mol. The van der Waals surface area contributed by atoms with Crippen LogP contribution in [-0.2, 0) is 0 Å². The molecular formula is C11H20N2. The fourth-order valence-electron chi connectivity index (χ4n) is 0.820. The van der Waals surface area contributed by atoms with E-state index in [1.807, 2.05) is 20.0 Å². The van der Waals surface area contributed by atoms with Crippen LogP contribution in [0.15, 0.2) is 36.6 Å². The van der Waals surface area contributed by atoms with Crippen LogP contribution in [0.5, 0.6) is 0 Å². The Kier molecular flexibility index (Phi) is 4.49. The summed E-state index contributed by atoms with van der Waals surface area (Å²) < 4.78 is 0. The van der Waals surface area contributed by atoms with E-state index in [-0.39, 0.29) is 5.66 Å². The number of rotatable bonds is 5. The average molecular weight is 180 g/mol. The Balaban J connectivity index is 4.65. The second kappa shape index (κ2) is 4.87. The van der Waals surface area contributed by atoms with Gasteiger partial charge >= 0.3 is 0 Å². The van der Waals surface area contributed by atoms with Crippen LogP contribution in [-0.4, -0.2) is 12.7 Å². The van der Waals surface area contributed by atoms with Gasteiger partial charge in [0.25, 0.3) is 0 Å². The Hall–Kier alpha value is -1.02. The number of nitrogens with one attached hydrogen (secondary N) is 2. The highest BCUT2D eigenvalue weighted by Gasteiger charge is 2.14. The Labute approximate surface area is 81.4 Å². The van der Waals surface area contributed by atoms with E-state index < -0.39 is 0 Å². The second-order valence-electron chi connectivity index (χ2n) is 3.50. The first kappa shape index (κ1) is 12.0. The molecular weight excluding hydrogens is 160 g/mol. The molecule has 74 valence electrons. The predicted octanol–water partition coefficient (Wildman–Crippen LogP) is 2.18. The van der Waals surface area contributed by atoms with Gasteiger partial charge in [0.1, 0.15) is 0 Å². The van der Waals surface area contributed by atoms with Crippen molar-refractivity contribution in [3.63, 3.8) is 0 Å². The van der Waals surface area contributed by atoms with Crippen LogP contribution in [0.3, 0.4) is 0 Å². The standard InChI is InChI=1S/C11H20N2/c1-7-9(3)10(8-2)13-11(4,5)12-6/h7-8,12-13H,1-2H2,3-6H3/b10-9+. The highest BCUT2D eigenvalue weighted by atomic mass is 15.2. The Morgan fingerprint density at radius 3 is 2.08 bits per heavy atom. The lowest BCUT2D eigenvalue weighted by molar-refractivity contribution is 0.370. The van der Waals surface area contributed by atoms with Gasteiger partial charge in [-0.3, -0.25) is 5.32 Å². The van der Waals surface area contributed by atoms with Crippen molar-refractivity contribution in [3.05, 3.63) is 36.6 Å². The van der Waals surface area contributed by atoms with Gasteiger partial charge in [0.15, 0.2) is 0 Å². The van der Waals surface area contributed by atoms with Crippen molar-refractivity contribution in [2.75, 3.05) is 7.05 Å². The van der Waals surface area contributed by atoms with Crippen molar-refractivity contribution in [2.24, 2.45) is 0 Å². The van der Waals surface area contributed by atoms with Crippen LogP contribution < -0.4 is 10.6 Å². The van der Waals surface area contributed by atoms with E-state index in [0.717, 1.165) is 11.3 Å². The molecule has 0 atom stereocenters. The molecule has 0 aromatic heterocycles. The molecule has 0 saturated heterocycles. The topological polar surface area (TPSA) is 24.1 Å². The first-order valence-corrected chi connectivity index (χ1v) is 4.39. The lowest BCUT2D eigenvalue weighted by Crippen LogP contribution is -2.49. The van der Waals surface area contributed by atoms with Gasteiger partial charge in [-0.25, -0.2) is 0 Å². The summed E-state index contributed by atoms with van der Waals surface area (Å²) in [7, 11) is 1.91. The van der Waals surface area contributed by atoms with E-state index in [2.05, 4.69) is 37.6 Å². The van der Waals surface area contributed by atoms with Crippen molar-refractivity contribution in [1.29, 1.82) is 0 Å². The summed E-state index contributed by atoms with van der Waals surface area (Å²) in [6, 6.07) is 0. The third-order valence-electron chi connectivity index (χ3n) is 2.01. The van der Waals surface area contributed by atoms with Crippen LogP contribution >= 0.6 is 0 Å². The van der Waals surface area contributed by atoms with Crippen LogP contribution in [0.4, 0.5) is 0 Å². The van der Waals surface area contributed by atoms with E-state index in [1.54, 1.807) is 6.08 Å². The van der Waals surface area contributed by atoms with Crippen molar-refractivity contribution >= 4 is 0 Å². The highest BCUT2D eigenvalue weighted by molar-refractivity contribution is 5.29. The van der Waals surface area contributed by atoms with Gasteiger partial charge in [0.2, 0.25) is 0 Å². The summed E-state index contributed by atoms with van der Waals surface area (Å²) in [6.07, 6.45) is 3.62. The smallest absolute Gasteiger partial charge is 0.0821 e. The van der Waals surface area contributed by atoms with E-state index in [4.69, 9.17) is 0 Å². The van der Waals surface area contributed by atoms with Gasteiger partial charge in [-0.05, 0) is 39.5 Å². The summed E-state index contributed by atoms with van der Waals surface area (Å²) >= 11 is 0. The molecule has 0 unspecified atom stereocenters. The van der Waals surface area contributed by atoms with Crippen LogP contribution in [0, 0.1) is 0 Å². The van der Waals surface area contributed by atoms with Gasteiger partial charge in [-0.2, -0.15) is 0 Å². The van der Waals surface area contributed by atoms with Crippen LogP contribution in [0.1, 0.15) is 20.8 Å². The molecule has 0 aliphatic carbocycles. The van der Waals surface area contributed by atoms with E-state index in [0.29, 0.717) is 0 Å². The Bertz CT molecular complexity index is 224. The molecule has 2 heteroatoms. The molecule has 0 rings (SSSR count). The lowest BCUT2D eigenvalue weighted by Gasteiger charge is -2.28. The van der Waals surface area contributed by atoms with Gasteiger partial charge in [0, 0.05) is 5.70 Å². The SMILES string of the molecule is C=C/C(C)=C(\C=C)NC(C)(C)NC. The minimum absolute atomic E-state index is 0.131. The molecule has 2 nitrogen and oxygen atoms in total. The number of hydrogen-bond acceptors (Lipinski definition) is 2. The van der Waals surface area contributed by atoms with E-state index >= 15 is 0 Å². The van der Waals surface area contributed by atoms with Crippen molar-refractivity contribution in [3.8, 4) is 0 Å². The van der Waals surface area contributed by atoms with Crippen LogP contribution in [0.2, 0.25) is 0 Å². The Morgan fingerprint density at radius 2 is 1.77 bits per heavy atom. The minimum Gasteiger partial charge on any atom is -0.368 e. The molecule has 0 aliphatic rings. The molecule has 0 bridgehead atoms. The first-order valence-electron chi connectivity index (χ1n) is 4.39. The molecule has 0 aliphatic heterocycles. The summed E-state index contributed by atoms with van der Waals surface area (Å²) in [5.74, 6) is 0. The maximum atomic E-state index is 3.75. The lowest BCUT2D eigenvalue weighted by atomic mass is 10.1. The average Bonchev–Trinajstić information content (AvgIpc) is 2.13. The van der Waals surface area contributed by atoms with Gasteiger partial charge in [-0.15, -0.1) is 0 Å². The minimum atomic E-state index is -0.131. The van der Waals surface area contributed by atoms with E-state index in [9.17, 15) is 0 Å². The van der Waals surface area contributed by atoms with Crippen molar-refractivity contribution in [2.45, 2.75) is 26.4 Å². The normalized spacial score (nSPS) is 13.2. The quantitative estimate of drug-likeness (QED) is 0.500. The molecule has 13 heavy (non-hydrogen) atoms. The maximum Gasteiger partial charge on any atom is 0.0821 e. The predicted molar refractivity (Wildman–Crippen MR) is 59.4 cm³/mol. The van der Waals surface area contributed by atoms with Crippen LogP contribution in [0.25, 0.3) is 0 Å². The fraction of sp³-hybridized carbons (Fsp3) is 0.455. The third kappa shape index (κ3) is 3.95. The van der Waals surface area contributed by atoms with Crippen molar-refractivity contribution in [1.82, 2.24) is 10.6 Å². The zero-order valence-electron chi connectivity index (χ0n) is 9.07. The molecule has 0 fully saturated rings. The first-order chi connectivity index (χ1) is 5.96. The second-order valence-corrected chi connectivity index (χ2v) is 3.50. The number of allylic oxidation sites excluding steroid dienone is 3. The van der Waals surface area contributed by atoms with Gasteiger partial charge in [-0.1, -0.05) is 19.2 Å².